The van der Waals surface area contributed by atoms with E-state index in [2.05, 4.69) is 15.5 Å². The van der Waals surface area contributed by atoms with E-state index in [-0.39, 0.29) is 34.7 Å². The largest absolute Gasteiger partial charge is 0.353 e. The molecular weight excluding hydrogens is 437 g/mol. The monoisotopic (exact) mass is 463 g/mol. The number of carbonyl (C=O) groups is 2. The Morgan fingerprint density at radius 1 is 1.16 bits per heavy atom. The number of thioether (sulfide) groups is 1. The lowest BCUT2D eigenvalue weighted by Crippen LogP contribution is -2.39. The molecule has 1 fully saturated rings. The van der Waals surface area contributed by atoms with Gasteiger partial charge in [0.25, 0.3) is 0 Å². The van der Waals surface area contributed by atoms with Crippen LogP contribution < -0.4 is 10.6 Å². The van der Waals surface area contributed by atoms with Gasteiger partial charge in [0, 0.05) is 17.3 Å². The van der Waals surface area contributed by atoms with Crippen LogP contribution in [0.1, 0.15) is 31.4 Å². The summed E-state index contributed by atoms with van der Waals surface area (Å²) in [6.45, 7) is 4.28. The lowest BCUT2D eigenvalue weighted by Gasteiger charge is -2.28. The van der Waals surface area contributed by atoms with Gasteiger partial charge >= 0.3 is 0 Å². The van der Waals surface area contributed by atoms with E-state index in [1.54, 1.807) is 6.92 Å². The second-order valence-corrected chi connectivity index (χ2v) is 9.33. The maximum atomic E-state index is 13.0. The maximum Gasteiger partial charge on any atom is 0.234 e. The second-order valence-electron chi connectivity index (χ2n) is 7.57. The number of halogens is 2. The minimum atomic E-state index is -0.377. The summed E-state index contributed by atoms with van der Waals surface area (Å²) in [5.41, 5.74) is 1.62. The quantitative estimate of drug-likeness (QED) is 0.575. The van der Waals surface area contributed by atoms with Crippen molar-refractivity contribution in [1.82, 2.24) is 10.2 Å². The number of benzene rings is 2. The molecule has 2 N–H and O–H groups in total. The van der Waals surface area contributed by atoms with E-state index < -0.39 is 0 Å². The molecule has 2 amide bonds. The predicted molar refractivity (Wildman–Crippen MR) is 125 cm³/mol. The highest BCUT2D eigenvalue weighted by Crippen LogP contribution is 2.26. The zero-order chi connectivity index (χ0) is 22.2. The fourth-order valence-corrected chi connectivity index (χ4v) is 4.48. The van der Waals surface area contributed by atoms with E-state index in [0.29, 0.717) is 17.3 Å². The van der Waals surface area contributed by atoms with Crippen LogP contribution >= 0.6 is 23.4 Å². The van der Waals surface area contributed by atoms with E-state index >= 15 is 0 Å². The van der Waals surface area contributed by atoms with Crippen molar-refractivity contribution >= 4 is 40.9 Å². The zero-order valence-corrected chi connectivity index (χ0v) is 19.0. The van der Waals surface area contributed by atoms with Crippen LogP contribution in [0.15, 0.2) is 48.5 Å². The van der Waals surface area contributed by atoms with Gasteiger partial charge in [-0.05, 0) is 74.8 Å². The standard InChI is InChI=1S/C23H27ClFN3O2S/c1-16(31-15-22(29)27-20-9-7-19(25)8-10-20)23(30)26-14-21(28-11-2-3-12-28)17-5-4-6-18(24)13-17/h4-10,13,16,21H,2-3,11-12,14-15H2,1H3,(H,26,30)(H,27,29). The van der Waals surface area contributed by atoms with Crippen LogP contribution in [0.2, 0.25) is 5.02 Å². The van der Waals surface area contributed by atoms with Crippen LogP contribution in [0.25, 0.3) is 0 Å². The number of nitrogens with one attached hydrogen (secondary N) is 2. The van der Waals surface area contributed by atoms with Crippen molar-refractivity contribution in [2.75, 3.05) is 30.7 Å². The Morgan fingerprint density at radius 2 is 1.87 bits per heavy atom. The molecular formula is C23H27ClFN3O2S. The first kappa shape index (κ1) is 23.6. The van der Waals surface area contributed by atoms with Gasteiger partial charge in [0.15, 0.2) is 0 Å². The number of likely N-dealkylation sites (tertiary alicyclic amines) is 1. The molecule has 3 rings (SSSR count). The number of carbonyl (C=O) groups excluding carboxylic acids is 2. The Balaban J connectivity index is 1.49. The predicted octanol–water partition coefficient (Wildman–Crippen LogP) is 4.49. The van der Waals surface area contributed by atoms with E-state index in [1.807, 2.05) is 24.3 Å². The summed E-state index contributed by atoms with van der Waals surface area (Å²) in [4.78, 5) is 27.1. The van der Waals surface area contributed by atoms with Gasteiger partial charge in [-0.25, -0.2) is 4.39 Å². The van der Waals surface area contributed by atoms with Gasteiger partial charge < -0.3 is 10.6 Å². The molecule has 2 aromatic carbocycles. The normalized spacial score (nSPS) is 16.0. The number of rotatable bonds is 9. The number of hydrogen-bond acceptors (Lipinski definition) is 4. The van der Waals surface area contributed by atoms with Crippen LogP contribution in [0.3, 0.4) is 0 Å². The van der Waals surface area contributed by atoms with Crippen LogP contribution in [0, 0.1) is 5.82 Å². The van der Waals surface area contributed by atoms with Crippen LogP contribution in [0.5, 0.6) is 0 Å². The molecule has 0 radical (unpaired) electrons. The van der Waals surface area contributed by atoms with E-state index in [9.17, 15) is 14.0 Å². The van der Waals surface area contributed by atoms with Crippen LogP contribution in [0.4, 0.5) is 10.1 Å². The molecule has 0 saturated carbocycles. The molecule has 2 unspecified atom stereocenters. The van der Waals surface area contributed by atoms with E-state index in [1.165, 1.54) is 36.0 Å². The lowest BCUT2D eigenvalue weighted by molar-refractivity contribution is -0.120. The summed E-state index contributed by atoms with van der Waals surface area (Å²) >= 11 is 7.44. The Bertz CT molecular complexity index is 891. The van der Waals surface area contributed by atoms with E-state index in [0.717, 1.165) is 31.5 Å². The van der Waals surface area contributed by atoms with Crippen molar-refractivity contribution in [3.05, 3.63) is 64.9 Å². The van der Waals surface area contributed by atoms with Crippen LogP contribution in [-0.2, 0) is 9.59 Å². The first-order chi connectivity index (χ1) is 14.9. The second kappa shape index (κ2) is 11.5. The third kappa shape index (κ3) is 7.23. The van der Waals surface area contributed by atoms with Crippen LogP contribution in [-0.4, -0.2) is 47.4 Å². The highest BCUT2D eigenvalue weighted by molar-refractivity contribution is 8.01. The molecule has 0 aromatic heterocycles. The molecule has 1 heterocycles. The summed E-state index contributed by atoms with van der Waals surface area (Å²) in [6, 6.07) is 13.4. The molecule has 1 aliphatic heterocycles. The minimum absolute atomic E-state index is 0.0733. The SMILES string of the molecule is CC(SCC(=O)Nc1ccc(F)cc1)C(=O)NCC(c1cccc(Cl)c1)N1CCCC1. The van der Waals surface area contributed by atoms with Gasteiger partial charge in [0.1, 0.15) is 5.82 Å². The van der Waals surface area contributed by atoms with Gasteiger partial charge in [-0.3, -0.25) is 14.5 Å². The number of anilines is 1. The lowest BCUT2D eigenvalue weighted by atomic mass is 10.1. The molecule has 0 spiro atoms. The minimum Gasteiger partial charge on any atom is -0.353 e. The molecule has 2 atom stereocenters. The van der Waals surface area contributed by atoms with E-state index in [4.69, 9.17) is 11.6 Å². The molecule has 0 aliphatic carbocycles. The first-order valence-electron chi connectivity index (χ1n) is 10.4. The van der Waals surface area contributed by atoms with Gasteiger partial charge in [0.2, 0.25) is 11.8 Å². The molecule has 166 valence electrons. The Kier molecular flexibility index (Phi) is 8.75. The summed E-state index contributed by atoms with van der Waals surface area (Å²) in [7, 11) is 0. The van der Waals surface area contributed by atoms with Crippen molar-refractivity contribution in [2.45, 2.75) is 31.1 Å². The molecule has 5 nitrogen and oxygen atoms in total. The fourth-order valence-electron chi connectivity index (χ4n) is 3.57. The molecule has 8 heteroatoms. The molecule has 1 saturated heterocycles. The van der Waals surface area contributed by atoms with Crippen molar-refractivity contribution < 1.29 is 14.0 Å². The van der Waals surface area contributed by atoms with Crippen molar-refractivity contribution in [3.8, 4) is 0 Å². The third-order valence-electron chi connectivity index (χ3n) is 5.25. The van der Waals surface area contributed by atoms with Crippen molar-refractivity contribution in [3.63, 3.8) is 0 Å². The zero-order valence-electron chi connectivity index (χ0n) is 17.4. The molecule has 31 heavy (non-hydrogen) atoms. The van der Waals surface area contributed by atoms with Gasteiger partial charge in [-0.1, -0.05) is 23.7 Å². The molecule has 0 bridgehead atoms. The van der Waals surface area contributed by atoms with Gasteiger partial charge in [-0.2, -0.15) is 0 Å². The number of amides is 2. The number of nitrogens with zero attached hydrogens (tertiary/aromatic N) is 1. The van der Waals surface area contributed by atoms with Gasteiger partial charge in [-0.15, -0.1) is 11.8 Å². The highest BCUT2D eigenvalue weighted by Gasteiger charge is 2.25. The summed E-state index contributed by atoms with van der Waals surface area (Å²) in [5.74, 6) is -0.561. The highest BCUT2D eigenvalue weighted by atomic mass is 35.5. The third-order valence-corrected chi connectivity index (χ3v) is 6.62. The first-order valence-corrected chi connectivity index (χ1v) is 11.8. The molecule has 2 aromatic rings. The fraction of sp³-hybridized carbons (Fsp3) is 0.391. The maximum absolute atomic E-state index is 13.0. The summed E-state index contributed by atoms with van der Waals surface area (Å²) in [6.07, 6.45) is 2.31. The Labute approximate surface area is 191 Å². The number of hydrogen-bond donors (Lipinski definition) is 2. The van der Waals surface area contributed by atoms with Gasteiger partial charge in [0.05, 0.1) is 17.0 Å². The molecule has 1 aliphatic rings. The summed E-state index contributed by atoms with van der Waals surface area (Å²) in [5, 5.41) is 6.05. The smallest absolute Gasteiger partial charge is 0.234 e. The average molecular weight is 464 g/mol. The Morgan fingerprint density at radius 3 is 2.55 bits per heavy atom. The van der Waals surface area contributed by atoms with Crippen molar-refractivity contribution in [2.24, 2.45) is 0 Å². The average Bonchev–Trinajstić information content (AvgIpc) is 3.28. The summed E-state index contributed by atoms with van der Waals surface area (Å²) < 4.78 is 13.0. The van der Waals surface area contributed by atoms with Crippen molar-refractivity contribution in [1.29, 1.82) is 0 Å². The topological polar surface area (TPSA) is 61.4 Å². The Hall–Kier alpha value is -2.09.